The summed E-state index contributed by atoms with van der Waals surface area (Å²) >= 11 is 5.92. The highest BCUT2D eigenvalue weighted by Crippen LogP contribution is 2.28. The SMILES string of the molecule is CC(C)(C)c1cc(CCl)cc(OC2CCC2)n1. The second-order valence-electron chi connectivity index (χ2n) is 5.75. The van der Waals surface area contributed by atoms with Crippen molar-refractivity contribution in [3.8, 4) is 5.88 Å². The first-order valence-electron chi connectivity index (χ1n) is 6.23. The standard InChI is InChI=1S/C14H20ClNO/c1-14(2,3)12-7-10(9-15)8-13(16-12)17-11-5-4-6-11/h7-8,11H,4-6,9H2,1-3H3. The topological polar surface area (TPSA) is 22.1 Å². The average Bonchev–Trinajstić information content (AvgIpc) is 2.22. The molecule has 0 radical (unpaired) electrons. The minimum Gasteiger partial charge on any atom is -0.474 e. The molecule has 1 aromatic rings. The highest BCUT2D eigenvalue weighted by Gasteiger charge is 2.22. The fraction of sp³-hybridized carbons (Fsp3) is 0.643. The van der Waals surface area contributed by atoms with Crippen LogP contribution in [0.25, 0.3) is 0 Å². The maximum absolute atomic E-state index is 5.92. The van der Waals surface area contributed by atoms with Crippen molar-refractivity contribution in [1.82, 2.24) is 4.98 Å². The number of hydrogen-bond acceptors (Lipinski definition) is 2. The molecule has 0 atom stereocenters. The number of nitrogens with zero attached hydrogens (tertiary/aromatic N) is 1. The summed E-state index contributed by atoms with van der Waals surface area (Å²) in [4.78, 5) is 4.59. The lowest BCUT2D eigenvalue weighted by Gasteiger charge is -2.27. The van der Waals surface area contributed by atoms with Crippen molar-refractivity contribution in [3.63, 3.8) is 0 Å². The van der Waals surface area contributed by atoms with Gasteiger partial charge in [0.15, 0.2) is 0 Å². The van der Waals surface area contributed by atoms with Crippen LogP contribution in [0.3, 0.4) is 0 Å². The Hall–Kier alpha value is -0.760. The highest BCUT2D eigenvalue weighted by molar-refractivity contribution is 6.17. The summed E-state index contributed by atoms with van der Waals surface area (Å²) in [5.41, 5.74) is 2.16. The first-order valence-corrected chi connectivity index (χ1v) is 6.76. The van der Waals surface area contributed by atoms with E-state index in [4.69, 9.17) is 16.3 Å². The summed E-state index contributed by atoms with van der Waals surface area (Å²) in [5.74, 6) is 1.24. The highest BCUT2D eigenvalue weighted by atomic mass is 35.5. The largest absolute Gasteiger partial charge is 0.474 e. The van der Waals surface area contributed by atoms with Crippen LogP contribution in [0.5, 0.6) is 5.88 Å². The second kappa shape index (κ2) is 4.85. The summed E-state index contributed by atoms with van der Waals surface area (Å²) in [7, 11) is 0. The molecule has 0 aliphatic heterocycles. The molecule has 1 aromatic heterocycles. The van der Waals surface area contributed by atoms with Gasteiger partial charge < -0.3 is 4.74 Å². The number of hydrogen-bond donors (Lipinski definition) is 0. The summed E-state index contributed by atoms with van der Waals surface area (Å²) in [6.07, 6.45) is 3.93. The fourth-order valence-electron chi connectivity index (χ4n) is 1.74. The van der Waals surface area contributed by atoms with Gasteiger partial charge in [-0.15, -0.1) is 11.6 Å². The number of halogens is 1. The van der Waals surface area contributed by atoms with Crippen LogP contribution in [-0.4, -0.2) is 11.1 Å². The molecular weight excluding hydrogens is 234 g/mol. The number of rotatable bonds is 3. The maximum atomic E-state index is 5.92. The van der Waals surface area contributed by atoms with E-state index in [9.17, 15) is 0 Å². The number of alkyl halides is 1. The van der Waals surface area contributed by atoms with Gasteiger partial charge in [-0.25, -0.2) is 4.98 Å². The Bertz CT molecular complexity index is 394. The second-order valence-corrected chi connectivity index (χ2v) is 6.02. The van der Waals surface area contributed by atoms with E-state index in [1.54, 1.807) is 0 Å². The smallest absolute Gasteiger partial charge is 0.214 e. The molecule has 0 N–H and O–H groups in total. The van der Waals surface area contributed by atoms with Crippen molar-refractivity contribution in [1.29, 1.82) is 0 Å². The molecule has 1 heterocycles. The summed E-state index contributed by atoms with van der Waals surface area (Å²) in [6, 6.07) is 4.03. The third-order valence-electron chi connectivity index (χ3n) is 3.12. The van der Waals surface area contributed by atoms with Gasteiger partial charge in [0.2, 0.25) is 5.88 Å². The van der Waals surface area contributed by atoms with E-state index in [2.05, 4.69) is 31.8 Å². The van der Waals surface area contributed by atoms with Crippen molar-refractivity contribution in [2.45, 2.75) is 57.4 Å². The van der Waals surface area contributed by atoms with Crippen molar-refractivity contribution in [2.75, 3.05) is 0 Å². The molecule has 2 nitrogen and oxygen atoms in total. The predicted octanol–water partition coefficient (Wildman–Crippen LogP) is 4.05. The lowest BCUT2D eigenvalue weighted by Crippen LogP contribution is -2.25. The lowest BCUT2D eigenvalue weighted by molar-refractivity contribution is 0.114. The normalized spacial score (nSPS) is 16.7. The van der Waals surface area contributed by atoms with Crippen LogP contribution in [-0.2, 0) is 11.3 Å². The molecule has 0 aromatic carbocycles. The summed E-state index contributed by atoms with van der Waals surface area (Å²) in [5, 5.41) is 0. The maximum Gasteiger partial charge on any atom is 0.214 e. The average molecular weight is 254 g/mol. The Balaban J connectivity index is 2.24. The Morgan fingerprint density at radius 3 is 2.53 bits per heavy atom. The van der Waals surface area contributed by atoms with E-state index in [1.807, 2.05) is 6.07 Å². The summed E-state index contributed by atoms with van der Waals surface area (Å²) < 4.78 is 5.86. The number of ether oxygens (including phenoxy) is 1. The van der Waals surface area contributed by atoms with E-state index < -0.39 is 0 Å². The minimum atomic E-state index is 0.0276. The Kier molecular flexibility index (Phi) is 3.62. The molecule has 17 heavy (non-hydrogen) atoms. The van der Waals surface area contributed by atoms with Crippen LogP contribution < -0.4 is 4.74 Å². The zero-order valence-corrected chi connectivity index (χ0v) is 11.5. The summed E-state index contributed by atoms with van der Waals surface area (Å²) in [6.45, 7) is 6.46. The lowest BCUT2D eigenvalue weighted by atomic mass is 9.91. The van der Waals surface area contributed by atoms with Crippen LogP contribution in [0.1, 0.15) is 51.3 Å². The van der Waals surface area contributed by atoms with Gasteiger partial charge in [0.05, 0.1) is 5.69 Å². The molecule has 3 heteroatoms. The van der Waals surface area contributed by atoms with E-state index in [-0.39, 0.29) is 5.41 Å². The van der Waals surface area contributed by atoms with Gasteiger partial charge in [0, 0.05) is 17.4 Å². The molecule has 1 saturated carbocycles. The molecule has 1 fully saturated rings. The van der Waals surface area contributed by atoms with Crippen LogP contribution >= 0.6 is 11.6 Å². The molecule has 0 spiro atoms. The van der Waals surface area contributed by atoms with Crippen LogP contribution in [0.15, 0.2) is 12.1 Å². The Labute approximate surface area is 108 Å². The van der Waals surface area contributed by atoms with Gasteiger partial charge in [-0.2, -0.15) is 0 Å². The molecule has 0 amide bonds. The van der Waals surface area contributed by atoms with E-state index in [0.29, 0.717) is 12.0 Å². The Morgan fingerprint density at radius 1 is 1.35 bits per heavy atom. The van der Waals surface area contributed by atoms with Crippen LogP contribution in [0.4, 0.5) is 0 Å². The zero-order valence-electron chi connectivity index (χ0n) is 10.8. The number of aromatic nitrogens is 1. The van der Waals surface area contributed by atoms with E-state index >= 15 is 0 Å². The Morgan fingerprint density at radius 2 is 2.06 bits per heavy atom. The molecular formula is C14H20ClNO. The van der Waals surface area contributed by atoms with E-state index in [1.165, 1.54) is 6.42 Å². The van der Waals surface area contributed by atoms with Crippen LogP contribution in [0, 0.1) is 0 Å². The molecule has 0 unspecified atom stereocenters. The molecule has 1 aliphatic carbocycles. The number of pyridine rings is 1. The van der Waals surface area contributed by atoms with Crippen molar-refractivity contribution >= 4 is 11.6 Å². The molecule has 0 saturated heterocycles. The van der Waals surface area contributed by atoms with Crippen molar-refractivity contribution in [3.05, 3.63) is 23.4 Å². The molecule has 2 rings (SSSR count). The fourth-order valence-corrected chi connectivity index (χ4v) is 1.89. The molecule has 94 valence electrons. The third kappa shape index (κ3) is 3.12. The zero-order chi connectivity index (χ0) is 12.5. The monoisotopic (exact) mass is 253 g/mol. The van der Waals surface area contributed by atoms with Gasteiger partial charge >= 0.3 is 0 Å². The third-order valence-corrected chi connectivity index (χ3v) is 3.43. The van der Waals surface area contributed by atoms with Gasteiger partial charge in [-0.3, -0.25) is 0 Å². The molecule has 1 aliphatic rings. The first kappa shape index (κ1) is 12.7. The van der Waals surface area contributed by atoms with Gasteiger partial charge in [-0.1, -0.05) is 20.8 Å². The van der Waals surface area contributed by atoms with Gasteiger partial charge in [0.1, 0.15) is 6.10 Å². The van der Waals surface area contributed by atoms with Gasteiger partial charge in [0.25, 0.3) is 0 Å². The van der Waals surface area contributed by atoms with Crippen molar-refractivity contribution in [2.24, 2.45) is 0 Å². The van der Waals surface area contributed by atoms with Gasteiger partial charge in [-0.05, 0) is 30.9 Å². The van der Waals surface area contributed by atoms with Crippen molar-refractivity contribution < 1.29 is 4.74 Å². The van der Waals surface area contributed by atoms with E-state index in [0.717, 1.165) is 30.0 Å². The first-order chi connectivity index (χ1) is 7.99. The minimum absolute atomic E-state index is 0.0276. The predicted molar refractivity (Wildman–Crippen MR) is 70.8 cm³/mol. The molecule has 0 bridgehead atoms. The van der Waals surface area contributed by atoms with Crippen LogP contribution in [0.2, 0.25) is 0 Å². The quantitative estimate of drug-likeness (QED) is 0.759.